The topological polar surface area (TPSA) is 79.5 Å². The minimum Gasteiger partial charge on any atom is -0.396 e. The number of aliphatic hydroxyl groups is 1. The Hall–Kier alpha value is -1.47. The van der Waals surface area contributed by atoms with E-state index in [0.29, 0.717) is 10.1 Å². The number of aromatic nitrogens is 3. The van der Waals surface area contributed by atoms with E-state index in [2.05, 4.69) is 15.4 Å². The van der Waals surface area contributed by atoms with Gasteiger partial charge in [-0.05, 0) is 31.1 Å². The number of anilines is 1. The van der Waals surface area contributed by atoms with E-state index in [1.54, 1.807) is 0 Å². The molecule has 0 radical (unpaired) electrons. The molecule has 2 N–H and O–H groups in total. The van der Waals surface area contributed by atoms with Crippen LogP contribution in [0.25, 0.3) is 4.96 Å². The van der Waals surface area contributed by atoms with Gasteiger partial charge in [0.05, 0.1) is 0 Å². The maximum Gasteiger partial charge on any atom is 0.275 e. The summed E-state index contributed by atoms with van der Waals surface area (Å²) in [6.45, 7) is 3.00. The van der Waals surface area contributed by atoms with Crippen molar-refractivity contribution in [1.82, 2.24) is 14.6 Å². The summed E-state index contributed by atoms with van der Waals surface area (Å²) in [7, 11) is 0. The molecule has 0 bridgehead atoms. The van der Waals surface area contributed by atoms with Gasteiger partial charge in [-0.2, -0.15) is 4.52 Å². The van der Waals surface area contributed by atoms with Crippen LogP contribution < -0.4 is 10.9 Å². The number of nitrogens with zero attached hydrogens (tertiary/aromatic N) is 3. The number of nitrogens with one attached hydrogen (secondary N) is 1. The van der Waals surface area contributed by atoms with Gasteiger partial charge in [0.25, 0.3) is 5.56 Å². The van der Waals surface area contributed by atoms with Gasteiger partial charge >= 0.3 is 0 Å². The monoisotopic (exact) mass is 294 g/mol. The molecule has 0 spiro atoms. The molecule has 1 saturated carbocycles. The summed E-state index contributed by atoms with van der Waals surface area (Å²) in [5, 5.41) is 17.3. The second-order valence-electron chi connectivity index (χ2n) is 5.37. The van der Waals surface area contributed by atoms with Crippen LogP contribution in [0.4, 0.5) is 5.13 Å². The van der Waals surface area contributed by atoms with Gasteiger partial charge in [-0.3, -0.25) is 4.79 Å². The van der Waals surface area contributed by atoms with Crippen molar-refractivity contribution in [3.63, 3.8) is 0 Å². The molecule has 2 aromatic rings. The van der Waals surface area contributed by atoms with Crippen molar-refractivity contribution in [2.75, 3.05) is 18.5 Å². The van der Waals surface area contributed by atoms with Gasteiger partial charge < -0.3 is 10.4 Å². The molecule has 7 heteroatoms. The molecule has 0 amide bonds. The zero-order valence-corrected chi connectivity index (χ0v) is 12.2. The van der Waals surface area contributed by atoms with Gasteiger partial charge in [0.2, 0.25) is 10.1 Å². The first-order chi connectivity index (χ1) is 9.65. The predicted molar refractivity (Wildman–Crippen MR) is 78.4 cm³/mol. The van der Waals surface area contributed by atoms with Gasteiger partial charge in [-0.1, -0.05) is 18.3 Å². The van der Waals surface area contributed by atoms with Crippen molar-refractivity contribution in [2.24, 2.45) is 5.41 Å². The Bertz CT molecular complexity index is 675. The molecule has 108 valence electrons. The van der Waals surface area contributed by atoms with Crippen LogP contribution in [-0.4, -0.2) is 32.9 Å². The molecular weight excluding hydrogens is 276 g/mol. The van der Waals surface area contributed by atoms with E-state index in [1.807, 2.05) is 6.92 Å². The Morgan fingerprint density at radius 3 is 3.00 bits per heavy atom. The smallest absolute Gasteiger partial charge is 0.275 e. The van der Waals surface area contributed by atoms with Crippen LogP contribution >= 0.6 is 11.3 Å². The lowest BCUT2D eigenvalue weighted by molar-refractivity contribution is 0.253. The molecule has 1 aliphatic rings. The third kappa shape index (κ3) is 2.55. The molecule has 0 aliphatic heterocycles. The minimum atomic E-state index is -0.132. The zero-order valence-electron chi connectivity index (χ0n) is 11.4. The number of rotatable bonds is 6. The first kappa shape index (κ1) is 13.5. The summed E-state index contributed by atoms with van der Waals surface area (Å²) in [6.07, 6.45) is 3.85. The fraction of sp³-hybridized carbons (Fsp3) is 0.615. The van der Waals surface area contributed by atoms with Gasteiger partial charge in [0.1, 0.15) is 0 Å². The number of aliphatic hydroxyl groups excluding tert-OH is 1. The van der Waals surface area contributed by atoms with Gasteiger partial charge in [0.15, 0.2) is 0 Å². The summed E-state index contributed by atoms with van der Waals surface area (Å²) in [4.78, 5) is 16.9. The Kier molecular flexibility index (Phi) is 3.47. The van der Waals surface area contributed by atoms with E-state index in [9.17, 15) is 4.79 Å². The second-order valence-corrected chi connectivity index (χ2v) is 6.32. The zero-order chi connectivity index (χ0) is 14.2. The fourth-order valence-corrected chi connectivity index (χ4v) is 3.12. The minimum absolute atomic E-state index is 0.132. The number of fused-ring (bicyclic) bond motifs is 1. The summed E-state index contributed by atoms with van der Waals surface area (Å²) >= 11 is 1.39. The van der Waals surface area contributed by atoms with Gasteiger partial charge in [-0.15, -0.1) is 5.10 Å². The second kappa shape index (κ2) is 5.14. The van der Waals surface area contributed by atoms with Gasteiger partial charge in [-0.25, -0.2) is 4.98 Å². The molecule has 0 saturated heterocycles. The van der Waals surface area contributed by atoms with E-state index in [1.165, 1.54) is 21.9 Å². The van der Waals surface area contributed by atoms with Crippen LogP contribution in [0.5, 0.6) is 0 Å². The summed E-state index contributed by atoms with van der Waals surface area (Å²) < 4.78 is 1.35. The average molecular weight is 294 g/mol. The SMILES string of the molecule is CCc1cc(=O)n2nc(NCC3(CCO)CC3)sc2n1. The van der Waals surface area contributed by atoms with E-state index in [0.717, 1.165) is 37.9 Å². The van der Waals surface area contributed by atoms with Crippen LogP contribution in [0.15, 0.2) is 10.9 Å². The highest BCUT2D eigenvalue weighted by Gasteiger charge is 2.41. The van der Waals surface area contributed by atoms with Crippen LogP contribution in [0.3, 0.4) is 0 Å². The normalized spacial score (nSPS) is 16.5. The van der Waals surface area contributed by atoms with Crippen molar-refractivity contribution in [1.29, 1.82) is 0 Å². The van der Waals surface area contributed by atoms with E-state index < -0.39 is 0 Å². The fourth-order valence-electron chi connectivity index (χ4n) is 2.30. The molecule has 6 nitrogen and oxygen atoms in total. The summed E-state index contributed by atoms with van der Waals surface area (Å²) in [5.41, 5.74) is 0.885. The van der Waals surface area contributed by atoms with Crippen molar-refractivity contribution < 1.29 is 5.11 Å². The molecule has 3 rings (SSSR count). The third-order valence-electron chi connectivity index (χ3n) is 3.87. The van der Waals surface area contributed by atoms with Crippen molar-refractivity contribution in [3.8, 4) is 0 Å². The lowest BCUT2D eigenvalue weighted by Gasteiger charge is -2.13. The Labute approximate surface area is 120 Å². The molecule has 2 heterocycles. The van der Waals surface area contributed by atoms with E-state index in [4.69, 9.17) is 5.11 Å². The number of hydrogen-bond donors (Lipinski definition) is 2. The molecule has 0 unspecified atom stereocenters. The highest BCUT2D eigenvalue weighted by Crippen LogP contribution is 2.48. The standard InChI is InChI=1S/C13H18N4O2S/c1-2-9-7-10(19)17-12(15-9)20-11(16-17)14-8-13(3-4-13)5-6-18/h7,18H,2-6,8H2,1H3,(H,14,16). The average Bonchev–Trinajstić information content (AvgIpc) is 3.07. The lowest BCUT2D eigenvalue weighted by atomic mass is 10.0. The first-order valence-electron chi connectivity index (χ1n) is 6.90. The molecule has 0 atom stereocenters. The lowest BCUT2D eigenvalue weighted by Crippen LogP contribution is -2.18. The van der Waals surface area contributed by atoms with Crippen LogP contribution in [-0.2, 0) is 6.42 Å². The number of aryl methyl sites for hydroxylation is 1. The third-order valence-corrected chi connectivity index (χ3v) is 4.74. The highest BCUT2D eigenvalue weighted by atomic mass is 32.1. The quantitative estimate of drug-likeness (QED) is 0.839. The van der Waals surface area contributed by atoms with E-state index in [-0.39, 0.29) is 17.6 Å². The molecule has 2 aromatic heterocycles. The maximum atomic E-state index is 11.9. The van der Waals surface area contributed by atoms with Crippen molar-refractivity contribution in [2.45, 2.75) is 32.6 Å². The Balaban J connectivity index is 1.79. The molecular formula is C13H18N4O2S. The first-order valence-corrected chi connectivity index (χ1v) is 7.72. The van der Waals surface area contributed by atoms with Crippen LogP contribution in [0.1, 0.15) is 31.9 Å². The van der Waals surface area contributed by atoms with Crippen molar-refractivity contribution in [3.05, 3.63) is 22.1 Å². The Morgan fingerprint density at radius 1 is 1.55 bits per heavy atom. The maximum absolute atomic E-state index is 11.9. The Morgan fingerprint density at radius 2 is 2.35 bits per heavy atom. The predicted octanol–water partition coefficient (Wildman–Crippen LogP) is 1.29. The van der Waals surface area contributed by atoms with Crippen molar-refractivity contribution >= 4 is 21.4 Å². The number of hydrogen-bond acceptors (Lipinski definition) is 6. The summed E-state index contributed by atoms with van der Waals surface area (Å²) in [5.74, 6) is 0. The summed E-state index contributed by atoms with van der Waals surface area (Å²) in [6, 6.07) is 1.53. The van der Waals surface area contributed by atoms with E-state index >= 15 is 0 Å². The molecule has 1 fully saturated rings. The highest BCUT2D eigenvalue weighted by molar-refractivity contribution is 7.20. The van der Waals surface area contributed by atoms with Crippen LogP contribution in [0.2, 0.25) is 0 Å². The van der Waals surface area contributed by atoms with Crippen LogP contribution in [0, 0.1) is 5.41 Å². The largest absolute Gasteiger partial charge is 0.396 e. The van der Waals surface area contributed by atoms with Gasteiger partial charge in [0, 0.05) is 24.9 Å². The molecule has 1 aliphatic carbocycles. The molecule has 0 aromatic carbocycles. The molecule has 20 heavy (non-hydrogen) atoms.